The summed E-state index contributed by atoms with van der Waals surface area (Å²) in [6.45, 7) is 2.77. The van der Waals surface area contributed by atoms with Crippen molar-refractivity contribution in [3.05, 3.63) is 29.8 Å². The van der Waals surface area contributed by atoms with E-state index in [-0.39, 0.29) is 0 Å². The second-order valence-corrected chi connectivity index (χ2v) is 4.01. The maximum atomic E-state index is 10.8. The topological polar surface area (TPSA) is 72.3 Å². The zero-order chi connectivity index (χ0) is 12.1. The van der Waals surface area contributed by atoms with Crippen LogP contribution in [0.2, 0.25) is 0 Å². The van der Waals surface area contributed by atoms with Gasteiger partial charge in [-0.05, 0) is 25.0 Å². The van der Waals surface area contributed by atoms with E-state index in [1.807, 2.05) is 25.2 Å². The van der Waals surface area contributed by atoms with Crippen molar-refractivity contribution in [1.29, 1.82) is 0 Å². The fourth-order valence-corrected chi connectivity index (χ4v) is 1.59. The highest BCUT2D eigenvalue weighted by Crippen LogP contribution is 2.17. The molecule has 1 unspecified atom stereocenters. The highest BCUT2D eigenvalue weighted by Gasteiger charge is 2.11. The molecule has 0 fully saturated rings. The summed E-state index contributed by atoms with van der Waals surface area (Å²) in [5, 5.41) is 0. The maximum absolute atomic E-state index is 10.8. The number of carbonyl (C=O) groups excluding carboxylic acids is 1. The summed E-state index contributed by atoms with van der Waals surface area (Å²) in [7, 11) is 1.98. The lowest BCUT2D eigenvalue weighted by atomic mass is 10.1. The Hall–Kier alpha value is -1.55. The number of aryl methyl sites for hydroxylation is 1. The van der Waals surface area contributed by atoms with E-state index < -0.39 is 11.9 Å². The van der Waals surface area contributed by atoms with Crippen molar-refractivity contribution in [2.24, 2.45) is 11.5 Å². The van der Waals surface area contributed by atoms with Gasteiger partial charge in [-0.3, -0.25) is 4.79 Å². The fourth-order valence-electron chi connectivity index (χ4n) is 1.59. The van der Waals surface area contributed by atoms with Crippen LogP contribution in [0.25, 0.3) is 0 Å². The molecule has 1 amide bonds. The third kappa shape index (κ3) is 3.24. The van der Waals surface area contributed by atoms with Crippen LogP contribution in [0, 0.1) is 6.92 Å². The standard InChI is InChI=1S/C12H19N3O/c1-9-5-3-4-6-11(9)15(2)8-7-10(13)12(14)16/h3-6,10H,7-8,13H2,1-2H3,(H2,14,16). The minimum Gasteiger partial charge on any atom is -0.374 e. The second-order valence-electron chi connectivity index (χ2n) is 4.01. The van der Waals surface area contributed by atoms with Crippen molar-refractivity contribution >= 4 is 11.6 Å². The molecule has 0 radical (unpaired) electrons. The molecule has 16 heavy (non-hydrogen) atoms. The number of rotatable bonds is 5. The molecule has 4 heteroatoms. The lowest BCUT2D eigenvalue weighted by Gasteiger charge is -2.22. The molecule has 4 nitrogen and oxygen atoms in total. The van der Waals surface area contributed by atoms with Crippen molar-refractivity contribution < 1.29 is 4.79 Å². The van der Waals surface area contributed by atoms with E-state index in [4.69, 9.17) is 11.5 Å². The van der Waals surface area contributed by atoms with Crippen molar-refractivity contribution in [2.45, 2.75) is 19.4 Å². The van der Waals surface area contributed by atoms with Crippen LogP contribution >= 0.6 is 0 Å². The van der Waals surface area contributed by atoms with Gasteiger partial charge in [-0.2, -0.15) is 0 Å². The Morgan fingerprint density at radius 1 is 1.44 bits per heavy atom. The van der Waals surface area contributed by atoms with E-state index >= 15 is 0 Å². The number of para-hydroxylation sites is 1. The molecule has 1 aromatic rings. The summed E-state index contributed by atoms with van der Waals surface area (Å²) < 4.78 is 0. The van der Waals surface area contributed by atoms with E-state index in [0.29, 0.717) is 6.42 Å². The predicted octanol–water partition coefficient (Wildman–Crippen LogP) is 0.634. The van der Waals surface area contributed by atoms with Crippen molar-refractivity contribution in [2.75, 3.05) is 18.5 Å². The highest BCUT2D eigenvalue weighted by atomic mass is 16.1. The molecule has 0 bridgehead atoms. The minimum absolute atomic E-state index is 0.446. The van der Waals surface area contributed by atoms with Crippen LogP contribution in [0.4, 0.5) is 5.69 Å². The third-order valence-electron chi connectivity index (χ3n) is 2.67. The number of nitrogens with two attached hydrogens (primary N) is 2. The number of amides is 1. The van der Waals surface area contributed by atoms with Gasteiger partial charge in [0.2, 0.25) is 5.91 Å². The molecule has 4 N–H and O–H groups in total. The molecule has 0 aliphatic carbocycles. The molecule has 0 saturated carbocycles. The first-order chi connectivity index (χ1) is 7.52. The summed E-state index contributed by atoms with van der Waals surface area (Å²) in [4.78, 5) is 12.9. The summed E-state index contributed by atoms with van der Waals surface area (Å²) in [5.41, 5.74) is 13.0. The van der Waals surface area contributed by atoms with Gasteiger partial charge in [-0.1, -0.05) is 18.2 Å². The van der Waals surface area contributed by atoms with Crippen molar-refractivity contribution in [1.82, 2.24) is 0 Å². The van der Waals surface area contributed by atoms with Gasteiger partial charge in [0.15, 0.2) is 0 Å². The van der Waals surface area contributed by atoms with Gasteiger partial charge in [0.05, 0.1) is 6.04 Å². The van der Waals surface area contributed by atoms with Crippen LogP contribution in [-0.2, 0) is 4.79 Å². The Morgan fingerprint density at radius 2 is 2.06 bits per heavy atom. The van der Waals surface area contributed by atoms with Gasteiger partial charge in [-0.15, -0.1) is 0 Å². The normalized spacial score (nSPS) is 12.2. The molecule has 1 rings (SSSR count). The average molecular weight is 221 g/mol. The van der Waals surface area contributed by atoms with Crippen LogP contribution in [0.5, 0.6) is 0 Å². The van der Waals surface area contributed by atoms with Crippen LogP contribution < -0.4 is 16.4 Å². The van der Waals surface area contributed by atoms with E-state index in [1.165, 1.54) is 5.56 Å². The van der Waals surface area contributed by atoms with Gasteiger partial charge in [0, 0.05) is 19.3 Å². The molecule has 88 valence electrons. The molecule has 0 aliphatic heterocycles. The monoisotopic (exact) mass is 221 g/mol. The molecule has 1 atom stereocenters. The van der Waals surface area contributed by atoms with Gasteiger partial charge in [0.1, 0.15) is 0 Å². The zero-order valence-electron chi connectivity index (χ0n) is 9.81. The first-order valence-corrected chi connectivity index (χ1v) is 5.34. The van der Waals surface area contributed by atoms with Crippen LogP contribution in [0.15, 0.2) is 24.3 Å². The van der Waals surface area contributed by atoms with E-state index in [2.05, 4.69) is 17.9 Å². The largest absolute Gasteiger partial charge is 0.374 e. The first kappa shape index (κ1) is 12.5. The van der Waals surface area contributed by atoms with Gasteiger partial charge < -0.3 is 16.4 Å². The summed E-state index contributed by atoms with van der Waals surface area (Å²) in [5.74, 6) is -0.446. The fraction of sp³-hybridized carbons (Fsp3) is 0.417. The van der Waals surface area contributed by atoms with E-state index in [9.17, 15) is 4.79 Å². The molecule has 1 aromatic carbocycles. The van der Waals surface area contributed by atoms with Gasteiger partial charge in [0.25, 0.3) is 0 Å². The van der Waals surface area contributed by atoms with Crippen molar-refractivity contribution in [3.63, 3.8) is 0 Å². The second kappa shape index (κ2) is 5.51. The Kier molecular flexibility index (Phi) is 4.31. The molecule has 0 saturated heterocycles. The number of anilines is 1. The number of hydrogen-bond donors (Lipinski definition) is 2. The predicted molar refractivity (Wildman–Crippen MR) is 66.2 cm³/mol. The number of carbonyl (C=O) groups is 1. The van der Waals surface area contributed by atoms with Gasteiger partial charge >= 0.3 is 0 Å². The third-order valence-corrected chi connectivity index (χ3v) is 2.67. The molecular weight excluding hydrogens is 202 g/mol. The van der Waals surface area contributed by atoms with Crippen LogP contribution in [0.3, 0.4) is 0 Å². The number of nitrogens with zero attached hydrogens (tertiary/aromatic N) is 1. The number of primary amides is 1. The lowest BCUT2D eigenvalue weighted by Crippen LogP contribution is -2.39. The first-order valence-electron chi connectivity index (χ1n) is 5.34. The van der Waals surface area contributed by atoms with Crippen molar-refractivity contribution in [3.8, 4) is 0 Å². The molecule has 0 aliphatic rings. The Balaban J connectivity index is 2.56. The quantitative estimate of drug-likeness (QED) is 0.766. The SMILES string of the molecule is Cc1ccccc1N(C)CCC(N)C(N)=O. The maximum Gasteiger partial charge on any atom is 0.234 e. The summed E-state index contributed by atoms with van der Waals surface area (Å²) in [6.07, 6.45) is 0.570. The van der Waals surface area contributed by atoms with Gasteiger partial charge in [-0.25, -0.2) is 0 Å². The van der Waals surface area contributed by atoms with Crippen LogP contribution in [-0.4, -0.2) is 25.5 Å². The Morgan fingerprint density at radius 3 is 2.62 bits per heavy atom. The van der Waals surface area contributed by atoms with E-state index in [1.54, 1.807) is 0 Å². The zero-order valence-corrected chi connectivity index (χ0v) is 9.81. The smallest absolute Gasteiger partial charge is 0.234 e. The van der Waals surface area contributed by atoms with Crippen LogP contribution in [0.1, 0.15) is 12.0 Å². The summed E-state index contributed by atoms with van der Waals surface area (Å²) >= 11 is 0. The highest BCUT2D eigenvalue weighted by molar-refractivity contribution is 5.79. The van der Waals surface area contributed by atoms with E-state index in [0.717, 1.165) is 12.2 Å². The number of hydrogen-bond acceptors (Lipinski definition) is 3. The minimum atomic E-state index is -0.563. The summed E-state index contributed by atoms with van der Waals surface area (Å²) in [6, 6.07) is 7.53. The molecule has 0 spiro atoms. The molecule has 0 heterocycles. The number of benzene rings is 1. The average Bonchev–Trinajstić information content (AvgIpc) is 2.25. The molecular formula is C12H19N3O. The lowest BCUT2D eigenvalue weighted by molar-refractivity contribution is -0.119. The molecule has 0 aromatic heterocycles. The Bertz CT molecular complexity index is 365. The Labute approximate surface area is 96.2 Å².